The number of carbonyl (C=O) groups excluding carboxylic acids is 1. The summed E-state index contributed by atoms with van der Waals surface area (Å²) in [5.41, 5.74) is 4.38. The van der Waals surface area contributed by atoms with Gasteiger partial charge < -0.3 is 19.6 Å². The molecule has 5 rings (SSSR count). The molecule has 1 amide bonds. The highest BCUT2D eigenvalue weighted by molar-refractivity contribution is 6.09. The lowest BCUT2D eigenvalue weighted by molar-refractivity contribution is 0.0751. The standard InChI is InChI=1S/C26H30N4O3/c1-16-6-5-7-18-10-19(31)11-20(23(16)18)24(32)30-12-21-17(2)27-25(28-22(21)13-30)33-15-26(8-9-26)14-29(3)4/h5-7,10-11,31H,8-9,12-15H2,1-4H3. The highest BCUT2D eigenvalue weighted by atomic mass is 16.5. The Morgan fingerprint density at radius 3 is 2.70 bits per heavy atom. The first-order chi connectivity index (χ1) is 15.7. The lowest BCUT2D eigenvalue weighted by Crippen LogP contribution is -2.28. The number of fused-ring (bicyclic) bond motifs is 2. The smallest absolute Gasteiger partial charge is 0.316 e. The number of nitrogens with zero attached hydrogens (tertiary/aromatic N) is 4. The topological polar surface area (TPSA) is 78.8 Å². The molecule has 2 aliphatic rings. The van der Waals surface area contributed by atoms with Gasteiger partial charge in [-0.15, -0.1) is 0 Å². The highest BCUT2D eigenvalue weighted by Crippen LogP contribution is 2.46. The zero-order chi connectivity index (χ0) is 23.3. The summed E-state index contributed by atoms with van der Waals surface area (Å²) in [5, 5.41) is 11.9. The van der Waals surface area contributed by atoms with E-state index < -0.39 is 0 Å². The van der Waals surface area contributed by atoms with Crippen molar-refractivity contribution in [3.63, 3.8) is 0 Å². The van der Waals surface area contributed by atoms with E-state index in [1.54, 1.807) is 17.0 Å². The number of phenolic OH excluding ortho intramolecular Hbond substituents is 1. The number of phenols is 1. The molecule has 1 aliphatic heterocycles. The molecule has 1 N–H and O–H groups in total. The first kappa shape index (κ1) is 21.6. The molecule has 0 atom stereocenters. The van der Waals surface area contributed by atoms with Crippen LogP contribution in [0.2, 0.25) is 0 Å². The van der Waals surface area contributed by atoms with Crippen LogP contribution in [0.5, 0.6) is 11.8 Å². The Kier molecular flexibility index (Phi) is 5.24. The summed E-state index contributed by atoms with van der Waals surface area (Å²) >= 11 is 0. The van der Waals surface area contributed by atoms with Crippen molar-refractivity contribution in [2.45, 2.75) is 39.8 Å². The van der Waals surface area contributed by atoms with Crippen LogP contribution < -0.4 is 4.74 Å². The molecular formula is C26H30N4O3. The third-order valence-electron chi connectivity index (χ3n) is 6.77. The Balaban J connectivity index is 1.37. The molecule has 1 fully saturated rings. The quantitative estimate of drug-likeness (QED) is 0.620. The van der Waals surface area contributed by atoms with E-state index in [4.69, 9.17) is 4.74 Å². The Morgan fingerprint density at radius 2 is 1.97 bits per heavy atom. The van der Waals surface area contributed by atoms with E-state index in [-0.39, 0.29) is 17.1 Å². The lowest BCUT2D eigenvalue weighted by atomic mass is 9.98. The maximum absolute atomic E-state index is 13.5. The number of hydrogen-bond donors (Lipinski definition) is 1. The van der Waals surface area contributed by atoms with Crippen LogP contribution in [0.15, 0.2) is 30.3 Å². The molecule has 7 nitrogen and oxygen atoms in total. The third-order valence-corrected chi connectivity index (χ3v) is 6.77. The zero-order valence-corrected chi connectivity index (χ0v) is 19.7. The predicted octanol–water partition coefficient (Wildman–Crippen LogP) is 3.83. The van der Waals surface area contributed by atoms with Crippen molar-refractivity contribution in [1.29, 1.82) is 0 Å². The van der Waals surface area contributed by atoms with Crippen molar-refractivity contribution in [3.8, 4) is 11.8 Å². The van der Waals surface area contributed by atoms with E-state index in [0.717, 1.165) is 52.7 Å². The minimum absolute atomic E-state index is 0.0894. The average molecular weight is 447 g/mol. The van der Waals surface area contributed by atoms with Gasteiger partial charge in [0.05, 0.1) is 31.0 Å². The molecule has 0 radical (unpaired) electrons. The molecule has 2 heterocycles. The first-order valence-corrected chi connectivity index (χ1v) is 11.4. The fourth-order valence-electron chi connectivity index (χ4n) is 4.95. The van der Waals surface area contributed by atoms with E-state index >= 15 is 0 Å². The molecule has 1 saturated carbocycles. The first-order valence-electron chi connectivity index (χ1n) is 11.4. The van der Waals surface area contributed by atoms with E-state index in [1.807, 2.05) is 32.0 Å². The molecule has 0 saturated heterocycles. The number of ether oxygens (including phenoxy) is 1. The van der Waals surface area contributed by atoms with Crippen LogP contribution in [0.3, 0.4) is 0 Å². The molecule has 7 heteroatoms. The predicted molar refractivity (Wildman–Crippen MR) is 126 cm³/mol. The van der Waals surface area contributed by atoms with Gasteiger partial charge in [-0.1, -0.05) is 18.2 Å². The third kappa shape index (κ3) is 4.13. The van der Waals surface area contributed by atoms with Crippen molar-refractivity contribution in [3.05, 3.63) is 58.4 Å². The number of benzene rings is 2. The van der Waals surface area contributed by atoms with Crippen molar-refractivity contribution in [2.24, 2.45) is 5.41 Å². The Labute approximate surface area is 194 Å². The molecule has 1 aromatic heterocycles. The molecule has 33 heavy (non-hydrogen) atoms. The molecular weight excluding hydrogens is 416 g/mol. The van der Waals surface area contributed by atoms with Gasteiger partial charge >= 0.3 is 6.01 Å². The summed E-state index contributed by atoms with van der Waals surface area (Å²) in [6.45, 7) is 6.39. The normalized spacial score (nSPS) is 16.3. The number of amides is 1. The zero-order valence-electron chi connectivity index (χ0n) is 19.7. The van der Waals surface area contributed by atoms with E-state index in [1.165, 1.54) is 0 Å². The van der Waals surface area contributed by atoms with Crippen molar-refractivity contribution >= 4 is 16.7 Å². The van der Waals surface area contributed by atoms with Gasteiger partial charge in [-0.05, 0) is 69.3 Å². The highest BCUT2D eigenvalue weighted by Gasteiger charge is 2.44. The van der Waals surface area contributed by atoms with Crippen LogP contribution >= 0.6 is 0 Å². The summed E-state index contributed by atoms with van der Waals surface area (Å²) in [5.74, 6) is -0.0282. The van der Waals surface area contributed by atoms with Crippen molar-refractivity contribution < 1.29 is 14.6 Å². The van der Waals surface area contributed by atoms with Gasteiger partial charge in [0.25, 0.3) is 5.91 Å². The van der Waals surface area contributed by atoms with Gasteiger partial charge in [0.1, 0.15) is 5.75 Å². The Morgan fingerprint density at radius 1 is 1.18 bits per heavy atom. The monoisotopic (exact) mass is 446 g/mol. The van der Waals surface area contributed by atoms with Gasteiger partial charge in [-0.2, -0.15) is 4.98 Å². The molecule has 2 aromatic carbocycles. The summed E-state index contributed by atoms with van der Waals surface area (Å²) < 4.78 is 6.02. The lowest BCUT2D eigenvalue weighted by Gasteiger charge is -2.20. The number of hydrogen-bond acceptors (Lipinski definition) is 6. The number of rotatable bonds is 6. The van der Waals surface area contributed by atoms with Gasteiger partial charge in [-0.3, -0.25) is 4.79 Å². The Bertz CT molecular complexity index is 1250. The van der Waals surface area contributed by atoms with Crippen LogP contribution in [0, 0.1) is 19.3 Å². The minimum atomic E-state index is -0.118. The molecule has 0 unspecified atom stereocenters. The average Bonchev–Trinajstić information content (AvgIpc) is 3.36. The van der Waals surface area contributed by atoms with Crippen LogP contribution in [0.1, 0.15) is 45.7 Å². The Hall–Kier alpha value is -3.19. The van der Waals surface area contributed by atoms with E-state index in [0.29, 0.717) is 31.3 Å². The summed E-state index contributed by atoms with van der Waals surface area (Å²) in [4.78, 5) is 26.7. The largest absolute Gasteiger partial charge is 0.508 e. The molecule has 1 aliphatic carbocycles. The van der Waals surface area contributed by atoms with Gasteiger partial charge in [0.2, 0.25) is 0 Å². The molecule has 0 bridgehead atoms. The fraction of sp³-hybridized carbons (Fsp3) is 0.423. The van der Waals surface area contributed by atoms with Gasteiger partial charge in [-0.25, -0.2) is 4.98 Å². The molecule has 3 aromatic rings. The van der Waals surface area contributed by atoms with Crippen molar-refractivity contribution in [1.82, 2.24) is 19.8 Å². The number of aromatic hydroxyl groups is 1. The number of carbonyl (C=O) groups is 1. The molecule has 172 valence electrons. The van der Waals surface area contributed by atoms with Crippen LogP contribution in [0.25, 0.3) is 10.8 Å². The second kappa shape index (κ2) is 7.99. The van der Waals surface area contributed by atoms with Crippen LogP contribution in [0.4, 0.5) is 0 Å². The van der Waals surface area contributed by atoms with Crippen molar-refractivity contribution in [2.75, 3.05) is 27.2 Å². The fourth-order valence-corrected chi connectivity index (χ4v) is 4.95. The van der Waals surface area contributed by atoms with Crippen LogP contribution in [-0.2, 0) is 13.1 Å². The summed E-state index contributed by atoms with van der Waals surface area (Å²) in [7, 11) is 4.16. The molecule has 0 spiro atoms. The minimum Gasteiger partial charge on any atom is -0.508 e. The second-order valence-electron chi connectivity index (χ2n) is 9.87. The number of aromatic nitrogens is 2. The summed E-state index contributed by atoms with van der Waals surface area (Å²) in [6, 6.07) is 9.48. The van der Waals surface area contributed by atoms with Crippen LogP contribution in [-0.4, -0.2) is 58.0 Å². The number of aryl methyl sites for hydroxylation is 2. The maximum Gasteiger partial charge on any atom is 0.316 e. The second-order valence-corrected chi connectivity index (χ2v) is 9.87. The maximum atomic E-state index is 13.5. The SMILES string of the molecule is Cc1nc(OCC2(CN(C)C)CC2)nc2c1CN(C(=O)c1cc(O)cc3cccc(C)c13)C2. The van der Waals surface area contributed by atoms with Gasteiger partial charge in [0.15, 0.2) is 0 Å². The summed E-state index contributed by atoms with van der Waals surface area (Å²) in [6.07, 6.45) is 2.32. The van der Waals surface area contributed by atoms with Gasteiger partial charge in [0, 0.05) is 23.2 Å². The van der Waals surface area contributed by atoms with E-state index in [2.05, 4.69) is 29.0 Å². The van der Waals surface area contributed by atoms with E-state index in [9.17, 15) is 9.90 Å².